The summed E-state index contributed by atoms with van der Waals surface area (Å²) in [6.45, 7) is 2.18. The van der Waals surface area contributed by atoms with E-state index in [2.05, 4.69) is 27.7 Å². The fraction of sp³-hybridized carbons (Fsp3) is 0.429. The summed E-state index contributed by atoms with van der Waals surface area (Å²) in [5.41, 5.74) is 3.63. The molecule has 1 saturated heterocycles. The lowest BCUT2D eigenvalue weighted by Gasteiger charge is -2.22. The highest BCUT2D eigenvalue weighted by Gasteiger charge is 2.22. The molecule has 18 heavy (non-hydrogen) atoms. The van der Waals surface area contributed by atoms with Gasteiger partial charge in [-0.2, -0.15) is 5.10 Å². The lowest BCUT2D eigenvalue weighted by molar-refractivity contribution is 0.450. The quantitative estimate of drug-likeness (QED) is 0.875. The van der Waals surface area contributed by atoms with Gasteiger partial charge in [-0.25, -0.2) is 0 Å². The van der Waals surface area contributed by atoms with E-state index in [4.69, 9.17) is 0 Å². The Labute approximate surface area is 107 Å². The second kappa shape index (κ2) is 4.90. The molecule has 94 valence electrons. The Hall–Kier alpha value is -1.68. The first-order valence-electron chi connectivity index (χ1n) is 6.49. The Kier molecular flexibility index (Phi) is 3.11. The van der Waals surface area contributed by atoms with Crippen molar-refractivity contribution < 1.29 is 0 Å². The van der Waals surface area contributed by atoms with E-state index in [0.717, 1.165) is 13.1 Å². The standard InChI is InChI=1S/C14H18N4/c1-18-10-13(12-3-2-6-16-9-12)14(17-18)11-4-7-15-8-5-11/h2-3,6,9-11,15H,4-5,7-8H2,1H3. The van der Waals surface area contributed by atoms with Crippen LogP contribution in [-0.4, -0.2) is 27.9 Å². The largest absolute Gasteiger partial charge is 0.317 e. The van der Waals surface area contributed by atoms with Crippen molar-refractivity contribution in [2.24, 2.45) is 7.05 Å². The van der Waals surface area contributed by atoms with Crippen molar-refractivity contribution in [1.82, 2.24) is 20.1 Å². The van der Waals surface area contributed by atoms with Gasteiger partial charge in [0.15, 0.2) is 0 Å². The molecule has 0 amide bonds. The van der Waals surface area contributed by atoms with Gasteiger partial charge in [-0.05, 0) is 32.0 Å². The maximum Gasteiger partial charge on any atom is 0.0735 e. The van der Waals surface area contributed by atoms with Gasteiger partial charge in [0.05, 0.1) is 5.69 Å². The summed E-state index contributed by atoms with van der Waals surface area (Å²) in [7, 11) is 1.99. The molecule has 1 fully saturated rings. The van der Waals surface area contributed by atoms with Crippen LogP contribution >= 0.6 is 0 Å². The van der Waals surface area contributed by atoms with E-state index in [0.29, 0.717) is 5.92 Å². The van der Waals surface area contributed by atoms with Crippen LogP contribution in [-0.2, 0) is 7.05 Å². The van der Waals surface area contributed by atoms with Gasteiger partial charge in [-0.1, -0.05) is 6.07 Å². The zero-order chi connectivity index (χ0) is 12.4. The Balaban J connectivity index is 1.99. The molecule has 0 atom stereocenters. The summed E-state index contributed by atoms with van der Waals surface area (Å²) < 4.78 is 1.92. The van der Waals surface area contributed by atoms with Gasteiger partial charge < -0.3 is 5.32 Å². The Morgan fingerprint density at radius 3 is 2.89 bits per heavy atom. The highest BCUT2D eigenvalue weighted by atomic mass is 15.3. The van der Waals surface area contributed by atoms with Crippen molar-refractivity contribution in [3.63, 3.8) is 0 Å². The molecule has 4 heteroatoms. The molecule has 1 N–H and O–H groups in total. The molecule has 1 aliphatic rings. The van der Waals surface area contributed by atoms with Gasteiger partial charge >= 0.3 is 0 Å². The Bertz CT molecular complexity index is 512. The molecular weight excluding hydrogens is 224 g/mol. The topological polar surface area (TPSA) is 42.7 Å². The zero-order valence-electron chi connectivity index (χ0n) is 10.6. The minimum Gasteiger partial charge on any atom is -0.317 e. The van der Waals surface area contributed by atoms with E-state index in [-0.39, 0.29) is 0 Å². The number of hydrogen-bond acceptors (Lipinski definition) is 3. The SMILES string of the molecule is Cn1cc(-c2cccnc2)c(C2CCNCC2)n1. The number of rotatable bonds is 2. The first kappa shape index (κ1) is 11.4. The van der Waals surface area contributed by atoms with Crippen LogP contribution in [0.15, 0.2) is 30.7 Å². The molecule has 1 aliphatic heterocycles. The smallest absolute Gasteiger partial charge is 0.0735 e. The second-order valence-corrected chi connectivity index (χ2v) is 4.87. The maximum atomic E-state index is 4.67. The van der Waals surface area contributed by atoms with Crippen molar-refractivity contribution >= 4 is 0 Å². The number of piperidine rings is 1. The van der Waals surface area contributed by atoms with E-state index in [1.165, 1.54) is 29.7 Å². The van der Waals surface area contributed by atoms with Crippen LogP contribution < -0.4 is 5.32 Å². The van der Waals surface area contributed by atoms with Gasteiger partial charge in [-0.3, -0.25) is 9.67 Å². The van der Waals surface area contributed by atoms with Crippen molar-refractivity contribution in [2.75, 3.05) is 13.1 Å². The highest BCUT2D eigenvalue weighted by molar-refractivity contribution is 5.65. The summed E-state index contributed by atoms with van der Waals surface area (Å²) in [4.78, 5) is 4.21. The number of pyridine rings is 1. The average molecular weight is 242 g/mol. The monoisotopic (exact) mass is 242 g/mol. The van der Waals surface area contributed by atoms with Gasteiger partial charge in [0.25, 0.3) is 0 Å². The maximum absolute atomic E-state index is 4.67. The molecular formula is C14H18N4. The Morgan fingerprint density at radius 1 is 1.33 bits per heavy atom. The van der Waals surface area contributed by atoms with Crippen molar-refractivity contribution in [1.29, 1.82) is 0 Å². The zero-order valence-corrected chi connectivity index (χ0v) is 10.6. The van der Waals surface area contributed by atoms with E-state index in [1.54, 1.807) is 0 Å². The minimum absolute atomic E-state index is 0.572. The molecule has 0 unspecified atom stereocenters. The first-order chi connectivity index (χ1) is 8.84. The third-order valence-corrected chi connectivity index (χ3v) is 3.56. The highest BCUT2D eigenvalue weighted by Crippen LogP contribution is 2.32. The van der Waals surface area contributed by atoms with Crippen molar-refractivity contribution in [3.05, 3.63) is 36.4 Å². The van der Waals surface area contributed by atoms with E-state index in [9.17, 15) is 0 Å². The summed E-state index contributed by atoms with van der Waals surface area (Å²) in [5.74, 6) is 0.572. The van der Waals surface area contributed by atoms with Gasteiger partial charge in [0.1, 0.15) is 0 Å². The van der Waals surface area contributed by atoms with E-state index >= 15 is 0 Å². The molecule has 0 radical (unpaired) electrons. The molecule has 0 saturated carbocycles. The number of nitrogens with one attached hydrogen (secondary N) is 1. The normalized spacial score (nSPS) is 16.9. The summed E-state index contributed by atoms with van der Waals surface area (Å²) >= 11 is 0. The fourth-order valence-electron chi connectivity index (χ4n) is 2.65. The average Bonchev–Trinajstić information content (AvgIpc) is 2.83. The summed E-state index contributed by atoms with van der Waals surface area (Å²) in [6.07, 6.45) is 8.18. The number of hydrogen-bond donors (Lipinski definition) is 1. The van der Waals surface area contributed by atoms with Crippen LogP contribution in [0, 0.1) is 0 Å². The number of aromatic nitrogens is 3. The lowest BCUT2D eigenvalue weighted by Crippen LogP contribution is -2.27. The fourth-order valence-corrected chi connectivity index (χ4v) is 2.65. The molecule has 0 spiro atoms. The summed E-state index contributed by atoms with van der Waals surface area (Å²) in [5, 5.41) is 8.08. The van der Waals surface area contributed by atoms with E-state index < -0.39 is 0 Å². The third-order valence-electron chi connectivity index (χ3n) is 3.56. The second-order valence-electron chi connectivity index (χ2n) is 4.87. The van der Waals surface area contributed by atoms with Crippen LogP contribution in [0.1, 0.15) is 24.5 Å². The van der Waals surface area contributed by atoms with Crippen LogP contribution in [0.2, 0.25) is 0 Å². The van der Waals surface area contributed by atoms with Crippen molar-refractivity contribution in [2.45, 2.75) is 18.8 Å². The molecule has 2 aromatic heterocycles. The van der Waals surface area contributed by atoms with Crippen LogP contribution in [0.25, 0.3) is 11.1 Å². The van der Waals surface area contributed by atoms with Gasteiger partial charge in [0.2, 0.25) is 0 Å². The van der Waals surface area contributed by atoms with Crippen molar-refractivity contribution in [3.8, 4) is 11.1 Å². The molecule has 3 rings (SSSR count). The molecule has 4 nitrogen and oxygen atoms in total. The third kappa shape index (κ3) is 2.16. The van der Waals surface area contributed by atoms with Gasteiger partial charge in [-0.15, -0.1) is 0 Å². The predicted molar refractivity (Wildman–Crippen MR) is 71.3 cm³/mol. The summed E-state index contributed by atoms with van der Waals surface area (Å²) in [6, 6.07) is 4.09. The predicted octanol–water partition coefficient (Wildman–Crippen LogP) is 1.95. The lowest BCUT2D eigenvalue weighted by atomic mass is 9.91. The van der Waals surface area contributed by atoms with Crippen LogP contribution in [0.5, 0.6) is 0 Å². The minimum atomic E-state index is 0.572. The number of aryl methyl sites for hydroxylation is 1. The molecule has 0 bridgehead atoms. The molecule has 3 heterocycles. The Morgan fingerprint density at radius 2 is 2.17 bits per heavy atom. The molecule has 0 aliphatic carbocycles. The van der Waals surface area contributed by atoms with Crippen LogP contribution in [0.3, 0.4) is 0 Å². The van der Waals surface area contributed by atoms with Gasteiger partial charge in [0, 0.05) is 42.7 Å². The number of nitrogens with zero attached hydrogens (tertiary/aromatic N) is 3. The first-order valence-corrected chi connectivity index (χ1v) is 6.49. The van der Waals surface area contributed by atoms with Crippen LogP contribution in [0.4, 0.5) is 0 Å². The molecule has 0 aromatic carbocycles. The van der Waals surface area contributed by atoms with E-state index in [1.807, 2.05) is 30.2 Å². The molecule has 2 aromatic rings.